The maximum Gasteiger partial charge on any atom is 0.355 e. The molecular formula is C20H17ClN2O4. The largest absolute Gasteiger partial charge is 0.451 e. The highest BCUT2D eigenvalue weighted by Crippen LogP contribution is 2.21. The van der Waals surface area contributed by atoms with Crippen molar-refractivity contribution in [3.8, 4) is 0 Å². The standard InChI is InChI=1S/C20H17ClN2O4/c1-12(13-6-2-4-8-15(13)21)22-19(25)11-27-20(26)17-10-18(24)14-7-3-5-9-16(14)23-17/h2-10,12H,11H2,1H3,(H,22,25)(H,23,24)/t12-/m1/s1. The van der Waals surface area contributed by atoms with Crippen LogP contribution in [-0.4, -0.2) is 23.5 Å². The van der Waals surface area contributed by atoms with Gasteiger partial charge in [-0.2, -0.15) is 0 Å². The van der Waals surface area contributed by atoms with Crippen LogP contribution in [0.25, 0.3) is 10.9 Å². The summed E-state index contributed by atoms with van der Waals surface area (Å²) >= 11 is 6.10. The second-order valence-corrected chi connectivity index (χ2v) is 6.39. The van der Waals surface area contributed by atoms with E-state index in [9.17, 15) is 14.4 Å². The van der Waals surface area contributed by atoms with E-state index in [1.165, 1.54) is 0 Å². The first-order valence-corrected chi connectivity index (χ1v) is 8.66. The molecule has 0 radical (unpaired) electrons. The number of nitrogens with one attached hydrogen (secondary N) is 2. The summed E-state index contributed by atoms with van der Waals surface area (Å²) in [7, 11) is 0. The van der Waals surface area contributed by atoms with E-state index in [0.29, 0.717) is 15.9 Å². The molecule has 0 bridgehead atoms. The van der Waals surface area contributed by atoms with Crippen molar-refractivity contribution >= 4 is 34.4 Å². The Hall–Kier alpha value is -3.12. The predicted octanol–water partition coefficient (Wildman–Crippen LogP) is 3.22. The molecule has 6 nitrogen and oxygen atoms in total. The van der Waals surface area contributed by atoms with Crippen molar-refractivity contribution in [3.63, 3.8) is 0 Å². The Balaban J connectivity index is 1.63. The average Bonchev–Trinajstić information content (AvgIpc) is 2.66. The Kier molecular flexibility index (Phi) is 5.57. The Morgan fingerprint density at radius 2 is 1.85 bits per heavy atom. The molecule has 7 heteroatoms. The number of amides is 1. The number of carbonyl (C=O) groups is 2. The summed E-state index contributed by atoms with van der Waals surface area (Å²) in [6.45, 7) is 1.31. The average molecular weight is 385 g/mol. The highest BCUT2D eigenvalue weighted by molar-refractivity contribution is 6.31. The molecule has 1 atom stereocenters. The molecule has 3 aromatic rings. The van der Waals surface area contributed by atoms with Gasteiger partial charge in [-0.15, -0.1) is 0 Å². The van der Waals surface area contributed by atoms with Crippen LogP contribution in [0.3, 0.4) is 0 Å². The third-order valence-electron chi connectivity index (χ3n) is 4.04. The fourth-order valence-electron chi connectivity index (χ4n) is 2.70. The van der Waals surface area contributed by atoms with Gasteiger partial charge in [0, 0.05) is 22.0 Å². The van der Waals surface area contributed by atoms with E-state index in [-0.39, 0.29) is 17.2 Å². The van der Waals surface area contributed by atoms with Crippen LogP contribution in [0.4, 0.5) is 0 Å². The number of halogens is 1. The topological polar surface area (TPSA) is 88.3 Å². The van der Waals surface area contributed by atoms with Gasteiger partial charge in [-0.1, -0.05) is 41.9 Å². The van der Waals surface area contributed by atoms with E-state index in [1.807, 2.05) is 6.07 Å². The first-order chi connectivity index (χ1) is 13.0. The van der Waals surface area contributed by atoms with Crippen LogP contribution >= 0.6 is 11.6 Å². The maximum absolute atomic E-state index is 12.2. The van der Waals surface area contributed by atoms with Gasteiger partial charge in [-0.25, -0.2) is 4.79 Å². The van der Waals surface area contributed by atoms with Gasteiger partial charge in [0.15, 0.2) is 12.0 Å². The van der Waals surface area contributed by atoms with Crippen LogP contribution in [-0.2, 0) is 9.53 Å². The molecule has 3 rings (SSSR count). The van der Waals surface area contributed by atoms with Crippen LogP contribution in [0.5, 0.6) is 0 Å². The first-order valence-electron chi connectivity index (χ1n) is 8.28. The molecule has 0 aliphatic carbocycles. The normalized spacial score (nSPS) is 11.8. The van der Waals surface area contributed by atoms with Crippen molar-refractivity contribution in [2.45, 2.75) is 13.0 Å². The summed E-state index contributed by atoms with van der Waals surface area (Å²) in [5.74, 6) is -1.25. The molecule has 138 valence electrons. The van der Waals surface area contributed by atoms with Gasteiger partial charge in [0.25, 0.3) is 5.91 Å². The zero-order valence-electron chi connectivity index (χ0n) is 14.5. The molecule has 2 N–H and O–H groups in total. The van der Waals surface area contributed by atoms with Crippen molar-refractivity contribution in [2.75, 3.05) is 6.61 Å². The van der Waals surface area contributed by atoms with E-state index in [4.69, 9.17) is 16.3 Å². The Morgan fingerprint density at radius 3 is 2.63 bits per heavy atom. The molecule has 0 fully saturated rings. The third-order valence-corrected chi connectivity index (χ3v) is 4.38. The van der Waals surface area contributed by atoms with E-state index in [0.717, 1.165) is 11.6 Å². The number of esters is 1. The second kappa shape index (κ2) is 8.05. The number of rotatable bonds is 5. The first kappa shape index (κ1) is 18.7. The molecule has 1 amide bonds. The molecule has 1 aromatic heterocycles. The van der Waals surface area contributed by atoms with E-state index < -0.39 is 18.5 Å². The number of carbonyl (C=O) groups excluding carboxylic acids is 2. The summed E-state index contributed by atoms with van der Waals surface area (Å²) in [5, 5.41) is 3.72. The lowest BCUT2D eigenvalue weighted by Gasteiger charge is -2.15. The van der Waals surface area contributed by atoms with Gasteiger partial charge in [-0.3, -0.25) is 9.59 Å². The van der Waals surface area contributed by atoms with Crippen LogP contribution in [0, 0.1) is 0 Å². The summed E-state index contributed by atoms with van der Waals surface area (Å²) in [6.07, 6.45) is 0. The molecule has 1 heterocycles. The zero-order chi connectivity index (χ0) is 19.4. The Labute approximate surface area is 160 Å². The van der Waals surface area contributed by atoms with Crippen molar-refractivity contribution in [2.24, 2.45) is 0 Å². The fourth-order valence-corrected chi connectivity index (χ4v) is 3.00. The third kappa shape index (κ3) is 4.35. The monoisotopic (exact) mass is 384 g/mol. The van der Waals surface area contributed by atoms with Gasteiger partial charge < -0.3 is 15.0 Å². The molecule has 27 heavy (non-hydrogen) atoms. The Morgan fingerprint density at radius 1 is 1.15 bits per heavy atom. The van der Waals surface area contributed by atoms with E-state index in [2.05, 4.69) is 10.3 Å². The summed E-state index contributed by atoms with van der Waals surface area (Å²) in [6, 6.07) is 14.8. The molecule has 0 saturated carbocycles. The molecule has 0 aliphatic rings. The lowest BCUT2D eigenvalue weighted by molar-refractivity contribution is -0.124. The minimum Gasteiger partial charge on any atom is -0.451 e. The van der Waals surface area contributed by atoms with Gasteiger partial charge in [0.1, 0.15) is 5.69 Å². The van der Waals surface area contributed by atoms with Gasteiger partial charge in [-0.05, 0) is 30.7 Å². The number of hydrogen-bond donors (Lipinski definition) is 2. The summed E-state index contributed by atoms with van der Waals surface area (Å²) < 4.78 is 5.01. The number of pyridine rings is 1. The molecule has 0 unspecified atom stereocenters. The minimum atomic E-state index is -0.779. The molecule has 0 aliphatic heterocycles. The van der Waals surface area contributed by atoms with Gasteiger partial charge >= 0.3 is 5.97 Å². The fraction of sp³-hybridized carbons (Fsp3) is 0.150. The smallest absolute Gasteiger partial charge is 0.355 e. The lowest BCUT2D eigenvalue weighted by atomic mass is 10.1. The SMILES string of the molecule is C[C@@H](NC(=O)COC(=O)c1cc(=O)c2ccccc2[nH]1)c1ccccc1Cl. The van der Waals surface area contributed by atoms with Crippen LogP contribution in [0.1, 0.15) is 29.0 Å². The lowest BCUT2D eigenvalue weighted by Crippen LogP contribution is -2.31. The highest BCUT2D eigenvalue weighted by Gasteiger charge is 2.16. The van der Waals surface area contributed by atoms with Gasteiger partial charge in [0.05, 0.1) is 6.04 Å². The molecule has 0 saturated heterocycles. The van der Waals surface area contributed by atoms with Gasteiger partial charge in [0.2, 0.25) is 0 Å². The van der Waals surface area contributed by atoms with Crippen molar-refractivity contribution in [1.82, 2.24) is 10.3 Å². The Bertz CT molecular complexity index is 1060. The predicted molar refractivity (Wildman–Crippen MR) is 103 cm³/mol. The van der Waals surface area contributed by atoms with Crippen LogP contribution < -0.4 is 10.7 Å². The number of aromatic amines is 1. The number of hydrogen-bond acceptors (Lipinski definition) is 4. The summed E-state index contributed by atoms with van der Waals surface area (Å²) in [5.41, 5.74) is 0.977. The van der Waals surface area contributed by atoms with E-state index in [1.54, 1.807) is 49.4 Å². The number of ether oxygens (including phenoxy) is 1. The molecule has 0 spiro atoms. The zero-order valence-corrected chi connectivity index (χ0v) is 15.2. The second-order valence-electron chi connectivity index (χ2n) is 5.98. The van der Waals surface area contributed by atoms with Crippen molar-refractivity contribution in [3.05, 3.63) is 81.1 Å². The highest BCUT2D eigenvalue weighted by atomic mass is 35.5. The van der Waals surface area contributed by atoms with Crippen molar-refractivity contribution in [1.29, 1.82) is 0 Å². The van der Waals surface area contributed by atoms with E-state index >= 15 is 0 Å². The van der Waals surface area contributed by atoms with Crippen molar-refractivity contribution < 1.29 is 14.3 Å². The quantitative estimate of drug-likeness (QED) is 0.661. The number of H-pyrrole nitrogens is 1. The van der Waals surface area contributed by atoms with Crippen LogP contribution in [0.15, 0.2) is 59.4 Å². The molecular weight excluding hydrogens is 368 g/mol. The number of fused-ring (bicyclic) bond motifs is 1. The molecule has 2 aromatic carbocycles. The maximum atomic E-state index is 12.2. The number of para-hydroxylation sites is 1. The van der Waals surface area contributed by atoms with Crippen LogP contribution in [0.2, 0.25) is 5.02 Å². The minimum absolute atomic E-state index is 0.00866. The number of aromatic nitrogens is 1. The summed E-state index contributed by atoms with van der Waals surface area (Å²) in [4.78, 5) is 39.1. The number of benzene rings is 2.